The molecule has 2 rings (SSSR count). The van der Waals surface area contributed by atoms with Crippen molar-refractivity contribution in [1.29, 1.82) is 0 Å². The van der Waals surface area contributed by atoms with Crippen LogP contribution in [0.3, 0.4) is 0 Å². The summed E-state index contributed by atoms with van der Waals surface area (Å²) in [5.74, 6) is 0.573. The highest BCUT2D eigenvalue weighted by atomic mass is 32.2. The second-order valence-corrected chi connectivity index (χ2v) is 7.28. The summed E-state index contributed by atoms with van der Waals surface area (Å²) in [6.07, 6.45) is 2.55. The van der Waals surface area contributed by atoms with E-state index in [1.807, 2.05) is 17.8 Å². The van der Waals surface area contributed by atoms with Gasteiger partial charge in [0.2, 0.25) is 0 Å². The fraction of sp³-hybridized carbons (Fsp3) is 0.588. The van der Waals surface area contributed by atoms with Crippen molar-refractivity contribution in [3.63, 3.8) is 0 Å². The lowest BCUT2D eigenvalue weighted by Gasteiger charge is -2.23. The Labute approximate surface area is 138 Å². The average Bonchev–Trinajstić information content (AvgIpc) is 2.99. The van der Waals surface area contributed by atoms with E-state index >= 15 is 0 Å². The SMILES string of the molecule is CCN1CCCC1CNC(N)=NCC(C)Sc1ccccc1. The molecule has 1 aliphatic rings. The number of rotatable bonds is 7. The first kappa shape index (κ1) is 17.2. The van der Waals surface area contributed by atoms with Crippen molar-refractivity contribution >= 4 is 17.7 Å². The van der Waals surface area contributed by atoms with Crippen LogP contribution in [0.15, 0.2) is 40.2 Å². The Hall–Kier alpha value is -1.20. The minimum Gasteiger partial charge on any atom is -0.370 e. The maximum absolute atomic E-state index is 5.99. The van der Waals surface area contributed by atoms with E-state index in [0.717, 1.165) is 19.6 Å². The zero-order valence-electron chi connectivity index (χ0n) is 13.7. The van der Waals surface area contributed by atoms with Crippen LogP contribution in [-0.4, -0.2) is 48.3 Å². The molecule has 3 N–H and O–H groups in total. The van der Waals surface area contributed by atoms with Crippen LogP contribution in [0.2, 0.25) is 0 Å². The Morgan fingerprint density at radius 3 is 2.95 bits per heavy atom. The molecule has 5 heteroatoms. The lowest BCUT2D eigenvalue weighted by Crippen LogP contribution is -2.42. The summed E-state index contributed by atoms with van der Waals surface area (Å²) in [7, 11) is 0. The van der Waals surface area contributed by atoms with Crippen molar-refractivity contribution in [3.05, 3.63) is 30.3 Å². The molecule has 1 heterocycles. The van der Waals surface area contributed by atoms with Crippen LogP contribution in [0.25, 0.3) is 0 Å². The van der Waals surface area contributed by atoms with Crippen LogP contribution in [-0.2, 0) is 0 Å². The Morgan fingerprint density at radius 1 is 1.45 bits per heavy atom. The van der Waals surface area contributed by atoms with Crippen LogP contribution in [0, 0.1) is 0 Å². The van der Waals surface area contributed by atoms with Crippen molar-refractivity contribution in [2.24, 2.45) is 10.7 Å². The highest BCUT2D eigenvalue weighted by molar-refractivity contribution is 8.00. The maximum atomic E-state index is 5.99. The van der Waals surface area contributed by atoms with Crippen molar-refractivity contribution in [2.45, 2.75) is 42.9 Å². The first-order valence-corrected chi connectivity index (χ1v) is 9.06. The van der Waals surface area contributed by atoms with Gasteiger partial charge in [-0.1, -0.05) is 32.0 Å². The summed E-state index contributed by atoms with van der Waals surface area (Å²) in [5.41, 5.74) is 5.99. The van der Waals surface area contributed by atoms with Gasteiger partial charge >= 0.3 is 0 Å². The van der Waals surface area contributed by atoms with E-state index in [-0.39, 0.29) is 0 Å². The Bertz CT molecular complexity index is 463. The summed E-state index contributed by atoms with van der Waals surface area (Å²) in [4.78, 5) is 8.26. The molecule has 122 valence electrons. The number of nitrogens with two attached hydrogens (primary N) is 1. The molecule has 0 spiro atoms. The van der Waals surface area contributed by atoms with E-state index in [9.17, 15) is 0 Å². The summed E-state index contributed by atoms with van der Waals surface area (Å²) in [5, 5.41) is 3.70. The zero-order valence-corrected chi connectivity index (χ0v) is 14.5. The zero-order chi connectivity index (χ0) is 15.8. The highest BCUT2D eigenvalue weighted by Gasteiger charge is 2.22. The second-order valence-electron chi connectivity index (χ2n) is 5.77. The van der Waals surface area contributed by atoms with Crippen molar-refractivity contribution < 1.29 is 0 Å². The van der Waals surface area contributed by atoms with E-state index in [1.54, 1.807) is 0 Å². The molecular weight excluding hydrogens is 292 g/mol. The third-order valence-corrected chi connectivity index (χ3v) is 5.12. The van der Waals surface area contributed by atoms with E-state index in [0.29, 0.717) is 17.3 Å². The topological polar surface area (TPSA) is 53.6 Å². The standard InChI is InChI=1S/C17H28N4S/c1-3-21-11-7-8-15(21)13-20-17(18)19-12-14(2)22-16-9-5-4-6-10-16/h4-6,9-10,14-15H,3,7-8,11-13H2,1-2H3,(H3,18,19,20). The van der Waals surface area contributed by atoms with Gasteiger partial charge < -0.3 is 11.1 Å². The average molecular weight is 321 g/mol. The van der Waals surface area contributed by atoms with Gasteiger partial charge in [-0.25, -0.2) is 0 Å². The number of hydrogen-bond acceptors (Lipinski definition) is 3. The normalized spacial score (nSPS) is 21.0. The quantitative estimate of drug-likeness (QED) is 0.460. The number of thioether (sulfide) groups is 1. The number of aliphatic imine (C=N–C) groups is 1. The van der Waals surface area contributed by atoms with E-state index in [4.69, 9.17) is 5.73 Å². The maximum Gasteiger partial charge on any atom is 0.188 e. The van der Waals surface area contributed by atoms with Crippen LogP contribution in [0.5, 0.6) is 0 Å². The molecule has 0 amide bonds. The molecule has 1 aromatic rings. The molecule has 2 unspecified atom stereocenters. The number of benzene rings is 1. The van der Waals surface area contributed by atoms with Gasteiger partial charge in [-0.2, -0.15) is 0 Å². The van der Waals surface area contributed by atoms with Gasteiger partial charge in [0.25, 0.3) is 0 Å². The molecule has 4 nitrogen and oxygen atoms in total. The summed E-state index contributed by atoms with van der Waals surface area (Å²) in [6.45, 7) is 8.38. The predicted octanol–water partition coefficient (Wildman–Crippen LogP) is 2.56. The molecular formula is C17H28N4S. The molecule has 1 fully saturated rings. The van der Waals surface area contributed by atoms with Crippen molar-refractivity contribution in [3.8, 4) is 0 Å². The number of nitrogens with zero attached hydrogens (tertiary/aromatic N) is 2. The third-order valence-electron chi connectivity index (χ3n) is 4.02. The number of likely N-dealkylation sites (N-methyl/N-ethyl adjacent to an activating group) is 1. The largest absolute Gasteiger partial charge is 0.370 e. The minimum atomic E-state index is 0.418. The van der Waals surface area contributed by atoms with Crippen LogP contribution < -0.4 is 11.1 Å². The lowest BCUT2D eigenvalue weighted by molar-refractivity contribution is 0.267. The minimum absolute atomic E-state index is 0.418. The van der Waals surface area contributed by atoms with Gasteiger partial charge in [-0.15, -0.1) is 11.8 Å². The molecule has 22 heavy (non-hydrogen) atoms. The Kier molecular flexibility index (Phi) is 7.06. The van der Waals surface area contributed by atoms with E-state index in [2.05, 4.69) is 53.3 Å². The van der Waals surface area contributed by atoms with Crippen molar-refractivity contribution in [2.75, 3.05) is 26.2 Å². The van der Waals surface area contributed by atoms with Crippen LogP contribution >= 0.6 is 11.8 Å². The molecule has 2 atom stereocenters. The monoisotopic (exact) mass is 320 g/mol. The molecule has 1 aliphatic heterocycles. The van der Waals surface area contributed by atoms with E-state index < -0.39 is 0 Å². The number of likely N-dealkylation sites (tertiary alicyclic amines) is 1. The molecule has 0 saturated carbocycles. The fourth-order valence-corrected chi connectivity index (χ4v) is 3.74. The molecule has 0 bridgehead atoms. The smallest absolute Gasteiger partial charge is 0.188 e. The summed E-state index contributed by atoms with van der Waals surface area (Å²) < 4.78 is 0. The Balaban J connectivity index is 1.70. The van der Waals surface area contributed by atoms with Gasteiger partial charge in [0, 0.05) is 22.7 Å². The van der Waals surface area contributed by atoms with E-state index in [1.165, 1.54) is 24.3 Å². The predicted molar refractivity (Wildman–Crippen MR) is 96.5 cm³/mol. The molecule has 1 saturated heterocycles. The first-order chi connectivity index (χ1) is 10.7. The summed E-state index contributed by atoms with van der Waals surface area (Å²) >= 11 is 1.83. The summed E-state index contributed by atoms with van der Waals surface area (Å²) in [6, 6.07) is 11.0. The van der Waals surface area contributed by atoms with Gasteiger partial charge in [0.05, 0.1) is 6.54 Å². The molecule has 0 radical (unpaired) electrons. The number of guanidine groups is 1. The molecule has 0 aliphatic carbocycles. The fourth-order valence-electron chi connectivity index (χ4n) is 2.82. The van der Waals surface area contributed by atoms with Gasteiger partial charge in [0.1, 0.15) is 0 Å². The van der Waals surface area contributed by atoms with Crippen molar-refractivity contribution in [1.82, 2.24) is 10.2 Å². The highest BCUT2D eigenvalue weighted by Crippen LogP contribution is 2.22. The van der Waals surface area contributed by atoms with Gasteiger partial charge in [-0.05, 0) is 38.1 Å². The molecule has 1 aromatic carbocycles. The Morgan fingerprint density at radius 2 is 2.23 bits per heavy atom. The second kappa shape index (κ2) is 9.06. The lowest BCUT2D eigenvalue weighted by atomic mass is 10.2. The van der Waals surface area contributed by atoms with Crippen LogP contribution in [0.1, 0.15) is 26.7 Å². The van der Waals surface area contributed by atoms with Crippen LogP contribution in [0.4, 0.5) is 0 Å². The molecule has 0 aromatic heterocycles. The number of nitrogens with one attached hydrogen (secondary N) is 1. The number of hydrogen-bond donors (Lipinski definition) is 2. The third kappa shape index (κ3) is 5.54. The first-order valence-electron chi connectivity index (χ1n) is 8.18. The van der Waals surface area contributed by atoms with Gasteiger partial charge in [-0.3, -0.25) is 9.89 Å². The van der Waals surface area contributed by atoms with Gasteiger partial charge in [0.15, 0.2) is 5.96 Å².